The van der Waals surface area contributed by atoms with E-state index in [1.807, 2.05) is 35.0 Å². The average Bonchev–Trinajstić information content (AvgIpc) is 3.14. The Morgan fingerprint density at radius 3 is 2.53 bits per heavy atom. The molecule has 2 aromatic rings. The minimum atomic E-state index is 0.737. The van der Waals surface area contributed by atoms with Crippen LogP contribution in [0.1, 0.15) is 0 Å². The van der Waals surface area contributed by atoms with E-state index in [9.17, 15) is 0 Å². The van der Waals surface area contributed by atoms with Crippen LogP contribution < -0.4 is 10.2 Å². The summed E-state index contributed by atoms with van der Waals surface area (Å²) >= 11 is 0. The molecule has 0 radical (unpaired) electrons. The van der Waals surface area contributed by atoms with Crippen LogP contribution in [0.15, 0.2) is 30.3 Å². The lowest BCUT2D eigenvalue weighted by Crippen LogP contribution is -2.28. The number of nitrogens with one attached hydrogen (secondary N) is 1. The van der Waals surface area contributed by atoms with Crippen LogP contribution in [0.2, 0.25) is 0 Å². The van der Waals surface area contributed by atoms with Crippen molar-refractivity contribution >= 4 is 5.95 Å². The third kappa shape index (κ3) is 1.79. The second kappa shape index (κ2) is 4.31. The van der Waals surface area contributed by atoms with E-state index in [1.165, 1.54) is 0 Å². The largest absolute Gasteiger partial charge is 0.339 e. The number of tetrazole rings is 1. The zero-order chi connectivity index (χ0) is 12.7. The molecule has 0 unspecified atom stereocenters. The summed E-state index contributed by atoms with van der Waals surface area (Å²) in [7, 11) is 0. The van der Waals surface area contributed by atoms with Crippen molar-refractivity contribution in [1.29, 1.82) is 0 Å². The van der Waals surface area contributed by atoms with Gasteiger partial charge in [0.15, 0.2) is 0 Å². The van der Waals surface area contributed by atoms with E-state index in [0.717, 1.165) is 49.7 Å². The highest BCUT2D eigenvalue weighted by Gasteiger charge is 2.37. The lowest BCUT2D eigenvalue weighted by molar-refractivity contribution is 0.533. The van der Waals surface area contributed by atoms with Gasteiger partial charge in [0.05, 0.1) is 5.69 Å². The molecule has 6 heteroatoms. The first-order valence-electron chi connectivity index (χ1n) is 6.71. The third-order valence-electron chi connectivity index (χ3n) is 4.13. The Morgan fingerprint density at radius 2 is 1.79 bits per heavy atom. The van der Waals surface area contributed by atoms with E-state index >= 15 is 0 Å². The summed E-state index contributed by atoms with van der Waals surface area (Å²) in [5.41, 5.74) is 1.01. The monoisotopic (exact) mass is 256 g/mol. The lowest BCUT2D eigenvalue weighted by Gasteiger charge is -2.17. The van der Waals surface area contributed by atoms with E-state index in [-0.39, 0.29) is 0 Å². The average molecular weight is 256 g/mol. The predicted octanol–water partition coefficient (Wildman–Crippen LogP) is 0.318. The molecule has 0 aliphatic carbocycles. The first-order chi connectivity index (χ1) is 9.42. The number of benzene rings is 1. The van der Waals surface area contributed by atoms with Crippen LogP contribution >= 0.6 is 0 Å². The Bertz CT molecular complexity index is 554. The van der Waals surface area contributed by atoms with Gasteiger partial charge in [-0.3, -0.25) is 0 Å². The summed E-state index contributed by atoms with van der Waals surface area (Å²) in [4.78, 5) is 2.31. The lowest BCUT2D eigenvalue weighted by atomic mass is 10.0. The molecular formula is C13H16N6. The van der Waals surface area contributed by atoms with Gasteiger partial charge in [-0.2, -0.15) is 4.68 Å². The summed E-state index contributed by atoms with van der Waals surface area (Å²) in [6.45, 7) is 4.33. The van der Waals surface area contributed by atoms with Gasteiger partial charge < -0.3 is 10.2 Å². The number of rotatable bonds is 2. The van der Waals surface area contributed by atoms with Crippen LogP contribution in [-0.2, 0) is 0 Å². The minimum Gasteiger partial charge on any atom is -0.339 e. The van der Waals surface area contributed by atoms with Gasteiger partial charge in [-0.25, -0.2) is 0 Å². The number of para-hydroxylation sites is 1. The first kappa shape index (κ1) is 10.9. The Morgan fingerprint density at radius 1 is 1.05 bits per heavy atom. The van der Waals surface area contributed by atoms with Crippen LogP contribution in [0.5, 0.6) is 0 Å². The van der Waals surface area contributed by atoms with E-state index in [0.29, 0.717) is 0 Å². The van der Waals surface area contributed by atoms with Crippen molar-refractivity contribution in [3.8, 4) is 5.69 Å². The third-order valence-corrected chi connectivity index (χ3v) is 4.13. The summed E-state index contributed by atoms with van der Waals surface area (Å²) in [5, 5.41) is 15.6. The molecule has 2 aliphatic rings. The van der Waals surface area contributed by atoms with Crippen LogP contribution in [0, 0.1) is 11.8 Å². The molecule has 1 aromatic carbocycles. The van der Waals surface area contributed by atoms with E-state index < -0.39 is 0 Å². The van der Waals surface area contributed by atoms with Crippen molar-refractivity contribution < 1.29 is 0 Å². The molecule has 1 aromatic heterocycles. The van der Waals surface area contributed by atoms with Gasteiger partial charge in [-0.05, 0) is 34.4 Å². The number of fused-ring (bicyclic) bond motifs is 1. The predicted molar refractivity (Wildman–Crippen MR) is 71.2 cm³/mol. The maximum Gasteiger partial charge on any atom is 0.250 e. The molecule has 0 spiro atoms. The number of aromatic nitrogens is 4. The Hall–Kier alpha value is -1.95. The summed E-state index contributed by atoms with van der Waals surface area (Å²) in [5.74, 6) is 2.34. The van der Waals surface area contributed by atoms with Gasteiger partial charge in [0.25, 0.3) is 0 Å². The molecule has 0 bridgehead atoms. The minimum absolute atomic E-state index is 0.737. The van der Waals surface area contributed by atoms with Gasteiger partial charge in [0.2, 0.25) is 5.95 Å². The van der Waals surface area contributed by atoms with Crippen LogP contribution in [0.3, 0.4) is 0 Å². The summed E-state index contributed by atoms with van der Waals surface area (Å²) < 4.78 is 1.83. The normalized spacial score (nSPS) is 25.8. The molecular weight excluding hydrogens is 240 g/mol. The van der Waals surface area contributed by atoms with Gasteiger partial charge >= 0.3 is 0 Å². The van der Waals surface area contributed by atoms with Crippen molar-refractivity contribution in [2.24, 2.45) is 11.8 Å². The quantitative estimate of drug-likeness (QED) is 0.838. The second-order valence-electron chi connectivity index (χ2n) is 5.31. The molecule has 3 heterocycles. The smallest absolute Gasteiger partial charge is 0.250 e. The molecule has 19 heavy (non-hydrogen) atoms. The second-order valence-corrected chi connectivity index (χ2v) is 5.31. The van der Waals surface area contributed by atoms with Gasteiger partial charge in [0, 0.05) is 26.2 Å². The maximum absolute atomic E-state index is 4.21. The van der Waals surface area contributed by atoms with Crippen molar-refractivity contribution in [2.75, 3.05) is 31.1 Å². The molecule has 2 saturated heterocycles. The van der Waals surface area contributed by atoms with Gasteiger partial charge in [-0.15, -0.1) is 0 Å². The fraction of sp³-hybridized carbons (Fsp3) is 0.462. The molecule has 6 nitrogen and oxygen atoms in total. The Labute approximate surface area is 111 Å². The standard InChI is InChI=1S/C13H16N6/c1-2-4-12(5-3-1)19-13(15-16-17-19)18-8-10-6-14-7-11(10)9-18/h1-5,10-11,14H,6-9H2/t10-,11+. The fourth-order valence-electron chi connectivity index (χ4n) is 3.13. The number of anilines is 1. The number of nitrogens with zero attached hydrogens (tertiary/aromatic N) is 5. The molecule has 2 atom stereocenters. The van der Waals surface area contributed by atoms with E-state index in [1.54, 1.807) is 0 Å². The van der Waals surface area contributed by atoms with Gasteiger partial charge in [0.1, 0.15) is 0 Å². The fourth-order valence-corrected chi connectivity index (χ4v) is 3.13. The molecule has 4 rings (SSSR count). The van der Waals surface area contributed by atoms with E-state index in [2.05, 4.69) is 25.7 Å². The van der Waals surface area contributed by atoms with Crippen LogP contribution in [0.4, 0.5) is 5.95 Å². The summed E-state index contributed by atoms with van der Waals surface area (Å²) in [6.07, 6.45) is 0. The Balaban J connectivity index is 1.65. The maximum atomic E-state index is 4.21. The van der Waals surface area contributed by atoms with Crippen molar-refractivity contribution in [2.45, 2.75) is 0 Å². The zero-order valence-corrected chi connectivity index (χ0v) is 10.6. The molecule has 1 N–H and O–H groups in total. The Kier molecular flexibility index (Phi) is 2.48. The highest BCUT2D eigenvalue weighted by molar-refractivity contribution is 5.41. The summed E-state index contributed by atoms with van der Waals surface area (Å²) in [6, 6.07) is 10.1. The van der Waals surface area contributed by atoms with Crippen molar-refractivity contribution in [1.82, 2.24) is 25.5 Å². The first-order valence-corrected chi connectivity index (χ1v) is 6.71. The van der Waals surface area contributed by atoms with Gasteiger partial charge in [-0.1, -0.05) is 23.3 Å². The topological polar surface area (TPSA) is 58.9 Å². The number of hydrogen-bond donors (Lipinski definition) is 1. The molecule has 98 valence electrons. The number of hydrogen-bond acceptors (Lipinski definition) is 5. The molecule has 0 saturated carbocycles. The van der Waals surface area contributed by atoms with Crippen LogP contribution in [0.25, 0.3) is 5.69 Å². The van der Waals surface area contributed by atoms with Crippen LogP contribution in [-0.4, -0.2) is 46.4 Å². The van der Waals surface area contributed by atoms with E-state index in [4.69, 9.17) is 0 Å². The SMILES string of the molecule is c1ccc(-n2nnnc2N2C[C@H]3CNC[C@H]3C2)cc1. The molecule has 2 fully saturated rings. The zero-order valence-electron chi connectivity index (χ0n) is 10.6. The van der Waals surface area contributed by atoms with Crippen molar-refractivity contribution in [3.05, 3.63) is 30.3 Å². The molecule has 0 amide bonds. The highest BCUT2D eigenvalue weighted by atomic mass is 15.6. The molecule has 2 aliphatic heterocycles. The highest BCUT2D eigenvalue weighted by Crippen LogP contribution is 2.29. The van der Waals surface area contributed by atoms with Crippen molar-refractivity contribution in [3.63, 3.8) is 0 Å².